The van der Waals surface area contributed by atoms with Gasteiger partial charge in [0.05, 0.1) is 22.8 Å². The fraction of sp³-hybridized carbons (Fsp3) is 0.263. The first-order valence-electron chi connectivity index (χ1n) is 8.64. The number of hydrogen-bond donors (Lipinski definition) is 3. The van der Waals surface area contributed by atoms with Crippen LogP contribution < -0.4 is 20.7 Å². The van der Waals surface area contributed by atoms with E-state index in [0.29, 0.717) is 18.1 Å². The zero-order valence-corrected chi connectivity index (χ0v) is 15.9. The fourth-order valence-corrected chi connectivity index (χ4v) is 2.81. The SMILES string of the molecule is CCOc1cc2ncnc(Nc3ccc(F)c(Cl)c3)c2cc1NCCNC. The van der Waals surface area contributed by atoms with E-state index in [1.165, 1.54) is 18.5 Å². The third-order valence-corrected chi connectivity index (χ3v) is 4.20. The lowest BCUT2D eigenvalue weighted by Crippen LogP contribution is -2.18. The van der Waals surface area contributed by atoms with Crippen LogP contribution in [0.4, 0.5) is 21.6 Å². The molecule has 8 heteroatoms. The minimum atomic E-state index is -0.466. The minimum absolute atomic E-state index is 0.0476. The number of halogens is 2. The number of benzene rings is 2. The van der Waals surface area contributed by atoms with Crippen molar-refractivity contribution in [3.63, 3.8) is 0 Å². The van der Waals surface area contributed by atoms with Gasteiger partial charge in [0.25, 0.3) is 0 Å². The van der Waals surface area contributed by atoms with Gasteiger partial charge in [0.1, 0.15) is 23.7 Å². The molecule has 0 radical (unpaired) electrons. The van der Waals surface area contributed by atoms with Crippen LogP contribution in [0.3, 0.4) is 0 Å². The lowest BCUT2D eigenvalue weighted by molar-refractivity contribution is 0.342. The highest BCUT2D eigenvalue weighted by Crippen LogP contribution is 2.33. The van der Waals surface area contributed by atoms with Gasteiger partial charge in [-0.15, -0.1) is 0 Å². The third-order valence-electron chi connectivity index (χ3n) is 3.91. The smallest absolute Gasteiger partial charge is 0.144 e. The Balaban J connectivity index is 1.99. The van der Waals surface area contributed by atoms with Gasteiger partial charge in [0, 0.05) is 30.2 Å². The number of fused-ring (bicyclic) bond motifs is 1. The number of likely N-dealkylation sites (N-methyl/N-ethyl adjacent to an activating group) is 1. The number of aromatic nitrogens is 2. The molecule has 1 aromatic heterocycles. The number of rotatable bonds is 8. The molecule has 27 heavy (non-hydrogen) atoms. The molecule has 2 aromatic carbocycles. The molecule has 3 aromatic rings. The number of hydrogen-bond acceptors (Lipinski definition) is 6. The van der Waals surface area contributed by atoms with Crippen LogP contribution in [0.25, 0.3) is 10.9 Å². The molecule has 3 rings (SSSR count). The normalized spacial score (nSPS) is 10.8. The molecular weight excluding hydrogens is 369 g/mol. The van der Waals surface area contributed by atoms with Crippen molar-refractivity contribution in [3.8, 4) is 5.75 Å². The maximum absolute atomic E-state index is 13.4. The average Bonchev–Trinajstić information content (AvgIpc) is 2.66. The Bertz CT molecular complexity index is 937. The van der Waals surface area contributed by atoms with Gasteiger partial charge in [0.2, 0.25) is 0 Å². The van der Waals surface area contributed by atoms with E-state index in [4.69, 9.17) is 16.3 Å². The second kappa shape index (κ2) is 8.83. The predicted octanol–water partition coefficient (Wildman–Crippen LogP) is 4.20. The molecule has 0 aliphatic carbocycles. The number of ether oxygens (including phenoxy) is 1. The first kappa shape index (κ1) is 19.1. The lowest BCUT2D eigenvalue weighted by Gasteiger charge is -2.15. The Morgan fingerprint density at radius 1 is 1.15 bits per heavy atom. The van der Waals surface area contributed by atoms with E-state index >= 15 is 0 Å². The van der Waals surface area contributed by atoms with Crippen LogP contribution >= 0.6 is 11.6 Å². The van der Waals surface area contributed by atoms with Crippen molar-refractivity contribution < 1.29 is 9.13 Å². The second-order valence-corrected chi connectivity index (χ2v) is 6.21. The highest BCUT2D eigenvalue weighted by Gasteiger charge is 2.11. The summed E-state index contributed by atoms with van der Waals surface area (Å²) in [6.07, 6.45) is 1.47. The fourth-order valence-electron chi connectivity index (χ4n) is 2.63. The summed E-state index contributed by atoms with van der Waals surface area (Å²) in [7, 11) is 1.90. The monoisotopic (exact) mass is 389 g/mol. The maximum Gasteiger partial charge on any atom is 0.144 e. The standard InChI is InChI=1S/C19H21ClFN5O/c1-3-27-18-10-16-13(9-17(18)23-7-6-22-2)19(25-11-24-16)26-12-4-5-15(21)14(20)8-12/h4-5,8-11,22-23H,3,6-7H2,1-2H3,(H,24,25,26). The molecule has 142 valence electrons. The van der Waals surface area contributed by atoms with Crippen molar-refractivity contribution in [2.45, 2.75) is 6.92 Å². The summed E-state index contributed by atoms with van der Waals surface area (Å²) in [6.45, 7) is 4.05. The molecule has 0 saturated heterocycles. The van der Waals surface area contributed by atoms with E-state index < -0.39 is 5.82 Å². The molecule has 1 heterocycles. The van der Waals surface area contributed by atoms with Gasteiger partial charge in [-0.3, -0.25) is 0 Å². The Morgan fingerprint density at radius 2 is 2.00 bits per heavy atom. The van der Waals surface area contributed by atoms with E-state index in [0.717, 1.165) is 35.4 Å². The topological polar surface area (TPSA) is 71.1 Å². The Morgan fingerprint density at radius 3 is 2.74 bits per heavy atom. The molecule has 0 fully saturated rings. The molecule has 0 unspecified atom stereocenters. The van der Waals surface area contributed by atoms with Crippen molar-refractivity contribution >= 4 is 39.7 Å². The van der Waals surface area contributed by atoms with Gasteiger partial charge in [-0.05, 0) is 38.2 Å². The summed E-state index contributed by atoms with van der Waals surface area (Å²) in [5.41, 5.74) is 2.23. The van der Waals surface area contributed by atoms with E-state index in [-0.39, 0.29) is 5.02 Å². The van der Waals surface area contributed by atoms with E-state index in [2.05, 4.69) is 25.9 Å². The van der Waals surface area contributed by atoms with Crippen molar-refractivity contribution in [3.05, 3.63) is 47.5 Å². The largest absolute Gasteiger partial charge is 0.492 e. The molecule has 0 amide bonds. The maximum atomic E-state index is 13.4. The van der Waals surface area contributed by atoms with E-state index in [1.807, 2.05) is 26.1 Å². The average molecular weight is 390 g/mol. The second-order valence-electron chi connectivity index (χ2n) is 5.81. The minimum Gasteiger partial charge on any atom is -0.492 e. The number of anilines is 3. The predicted molar refractivity (Wildman–Crippen MR) is 108 cm³/mol. The van der Waals surface area contributed by atoms with Crippen molar-refractivity contribution in [1.82, 2.24) is 15.3 Å². The van der Waals surface area contributed by atoms with Crippen LogP contribution in [-0.4, -0.2) is 36.7 Å². The van der Waals surface area contributed by atoms with E-state index in [9.17, 15) is 4.39 Å². The van der Waals surface area contributed by atoms with Gasteiger partial charge in [-0.2, -0.15) is 0 Å². The van der Waals surface area contributed by atoms with Crippen LogP contribution in [-0.2, 0) is 0 Å². The first-order chi connectivity index (χ1) is 13.1. The van der Waals surface area contributed by atoms with Gasteiger partial charge >= 0.3 is 0 Å². The van der Waals surface area contributed by atoms with Crippen LogP contribution in [0.15, 0.2) is 36.7 Å². The zero-order chi connectivity index (χ0) is 19.2. The Labute approximate surface area is 162 Å². The Kier molecular flexibility index (Phi) is 6.26. The molecule has 0 saturated carbocycles. The van der Waals surface area contributed by atoms with Crippen molar-refractivity contribution in [1.29, 1.82) is 0 Å². The zero-order valence-electron chi connectivity index (χ0n) is 15.1. The molecule has 3 N–H and O–H groups in total. The summed E-state index contributed by atoms with van der Waals surface area (Å²) in [5.74, 6) is 0.866. The summed E-state index contributed by atoms with van der Waals surface area (Å²) < 4.78 is 19.1. The molecule has 0 spiro atoms. The van der Waals surface area contributed by atoms with Gasteiger partial charge in [0.15, 0.2) is 0 Å². The number of nitrogens with zero attached hydrogens (tertiary/aromatic N) is 2. The molecule has 6 nitrogen and oxygen atoms in total. The summed E-state index contributed by atoms with van der Waals surface area (Å²) in [6, 6.07) is 8.27. The lowest BCUT2D eigenvalue weighted by atomic mass is 10.2. The van der Waals surface area contributed by atoms with Gasteiger partial charge < -0.3 is 20.7 Å². The molecule has 0 aliphatic rings. The van der Waals surface area contributed by atoms with Gasteiger partial charge in [-0.25, -0.2) is 14.4 Å². The highest BCUT2D eigenvalue weighted by molar-refractivity contribution is 6.31. The number of nitrogens with one attached hydrogen (secondary N) is 3. The van der Waals surface area contributed by atoms with Gasteiger partial charge in [-0.1, -0.05) is 11.6 Å². The van der Waals surface area contributed by atoms with Crippen LogP contribution in [0.2, 0.25) is 5.02 Å². The van der Waals surface area contributed by atoms with Crippen molar-refractivity contribution in [2.75, 3.05) is 37.4 Å². The third kappa shape index (κ3) is 4.56. The highest BCUT2D eigenvalue weighted by atomic mass is 35.5. The summed E-state index contributed by atoms with van der Waals surface area (Å²) >= 11 is 5.87. The van der Waals surface area contributed by atoms with Crippen LogP contribution in [0, 0.1) is 5.82 Å². The molecule has 0 aliphatic heterocycles. The quantitative estimate of drug-likeness (QED) is 0.502. The Hall–Kier alpha value is -2.64. The molecule has 0 atom stereocenters. The molecule has 0 bridgehead atoms. The molecular formula is C19H21ClFN5O. The van der Waals surface area contributed by atoms with E-state index in [1.54, 1.807) is 6.07 Å². The van der Waals surface area contributed by atoms with Crippen LogP contribution in [0.1, 0.15) is 6.92 Å². The van der Waals surface area contributed by atoms with Crippen LogP contribution in [0.5, 0.6) is 5.75 Å². The summed E-state index contributed by atoms with van der Waals surface area (Å²) in [4.78, 5) is 8.67. The van der Waals surface area contributed by atoms with Crippen molar-refractivity contribution in [2.24, 2.45) is 0 Å². The first-order valence-corrected chi connectivity index (χ1v) is 9.02. The summed E-state index contributed by atoms with van der Waals surface area (Å²) in [5, 5.41) is 10.5.